The third-order valence-corrected chi connectivity index (χ3v) is 8.83. The van der Waals surface area contributed by atoms with Gasteiger partial charge in [0.15, 0.2) is 11.6 Å². The Bertz CT molecular complexity index is 2460. The Hall–Kier alpha value is -6.80. The van der Waals surface area contributed by atoms with Gasteiger partial charge in [-0.2, -0.15) is 0 Å². The summed E-state index contributed by atoms with van der Waals surface area (Å²) in [4.78, 5) is 60.2. The summed E-state index contributed by atoms with van der Waals surface area (Å²) in [5.74, 6) is -0.494. The molecule has 15 heteroatoms. The van der Waals surface area contributed by atoms with Gasteiger partial charge in [0.25, 0.3) is 11.8 Å². The zero-order valence-electron chi connectivity index (χ0n) is 34.0. The van der Waals surface area contributed by atoms with Crippen LogP contribution >= 0.6 is 12.4 Å². The highest BCUT2D eigenvalue weighted by atomic mass is 35.5. The molecule has 4 aromatic heterocycles. The maximum Gasteiger partial charge on any atom is 0.412 e. The van der Waals surface area contributed by atoms with Gasteiger partial charge < -0.3 is 39.4 Å². The molecule has 0 unspecified atom stereocenters. The smallest absolute Gasteiger partial charge is 0.412 e. The molecule has 0 atom stereocenters. The first-order valence-electron chi connectivity index (χ1n) is 18.0. The minimum Gasteiger partial charge on any atom is -0.444 e. The van der Waals surface area contributed by atoms with Gasteiger partial charge in [0, 0.05) is 89.3 Å². The van der Waals surface area contributed by atoms with Gasteiger partial charge in [-0.1, -0.05) is 24.3 Å². The van der Waals surface area contributed by atoms with Crippen LogP contribution in [-0.4, -0.2) is 53.3 Å². The number of nitrogens with two attached hydrogens (primary N) is 1. The molecule has 0 aliphatic rings. The van der Waals surface area contributed by atoms with Crippen molar-refractivity contribution in [1.82, 2.24) is 18.3 Å². The molecule has 58 heavy (non-hydrogen) atoms. The fourth-order valence-corrected chi connectivity index (χ4v) is 6.12. The van der Waals surface area contributed by atoms with Crippen molar-refractivity contribution >= 4 is 64.6 Å². The molecule has 6 aromatic rings. The van der Waals surface area contributed by atoms with Crippen molar-refractivity contribution in [3.05, 3.63) is 120 Å². The van der Waals surface area contributed by atoms with E-state index in [1.165, 1.54) is 6.92 Å². The largest absolute Gasteiger partial charge is 0.444 e. The predicted octanol–water partition coefficient (Wildman–Crippen LogP) is 8.32. The van der Waals surface area contributed by atoms with E-state index in [0.717, 1.165) is 22.3 Å². The van der Waals surface area contributed by atoms with Gasteiger partial charge in [-0.05, 0) is 80.4 Å². The molecule has 0 saturated carbocycles. The average molecular weight is 809 g/mol. The van der Waals surface area contributed by atoms with Gasteiger partial charge in [-0.25, -0.2) is 4.79 Å². The number of hydrogen-bond acceptors (Lipinski definition) is 7. The fourth-order valence-electron chi connectivity index (χ4n) is 6.12. The number of nitrogens with one attached hydrogen (secondary N) is 3. The minimum atomic E-state index is -0.612. The van der Waals surface area contributed by atoms with Crippen LogP contribution in [0.3, 0.4) is 0 Å². The molecule has 0 aliphatic carbocycles. The predicted molar refractivity (Wildman–Crippen MR) is 230 cm³/mol. The van der Waals surface area contributed by atoms with Gasteiger partial charge in [0.2, 0.25) is 0 Å². The molecule has 3 amide bonds. The normalized spacial score (nSPS) is 10.8. The zero-order valence-corrected chi connectivity index (χ0v) is 34.8. The second-order valence-electron chi connectivity index (χ2n) is 14.7. The Balaban J connectivity index is 0.000000259. The molecule has 6 rings (SSSR count). The van der Waals surface area contributed by atoms with E-state index in [-0.39, 0.29) is 35.8 Å². The Morgan fingerprint density at radius 1 is 0.517 bits per heavy atom. The fraction of sp³-hybridized carbons (Fsp3) is 0.233. The van der Waals surface area contributed by atoms with E-state index in [9.17, 15) is 24.0 Å². The Labute approximate surface area is 343 Å². The van der Waals surface area contributed by atoms with Crippen LogP contribution in [-0.2, 0) is 32.9 Å². The number of ether oxygens (including phenoxy) is 1. The van der Waals surface area contributed by atoms with Gasteiger partial charge >= 0.3 is 6.09 Å². The van der Waals surface area contributed by atoms with Crippen molar-refractivity contribution < 1.29 is 28.7 Å². The highest BCUT2D eigenvalue weighted by Crippen LogP contribution is 2.26. The minimum absolute atomic E-state index is 0. The van der Waals surface area contributed by atoms with Crippen LogP contribution in [0.25, 0.3) is 22.3 Å². The molecule has 2 aromatic carbocycles. The second-order valence-corrected chi connectivity index (χ2v) is 14.7. The lowest BCUT2D eigenvalue weighted by Crippen LogP contribution is -2.27. The molecule has 14 nitrogen and oxygen atoms in total. The summed E-state index contributed by atoms with van der Waals surface area (Å²) in [6, 6.07) is 21.8. The number of aromatic nitrogens is 4. The maximum absolute atomic E-state index is 12.7. The molecule has 0 saturated heterocycles. The van der Waals surface area contributed by atoms with Crippen LogP contribution in [0.1, 0.15) is 76.6 Å². The Morgan fingerprint density at radius 2 is 0.914 bits per heavy atom. The Kier molecular flexibility index (Phi) is 13.6. The van der Waals surface area contributed by atoms with Gasteiger partial charge in [-0.3, -0.25) is 24.5 Å². The third-order valence-electron chi connectivity index (χ3n) is 8.83. The molecule has 5 N–H and O–H groups in total. The van der Waals surface area contributed by atoms with Crippen molar-refractivity contribution in [2.75, 3.05) is 21.7 Å². The summed E-state index contributed by atoms with van der Waals surface area (Å²) in [6.07, 6.45) is 6.56. The number of Topliss-reactive ketones (excluding diaryl/α,β-unsaturated/α-hetero) is 2. The lowest BCUT2D eigenvalue weighted by molar-refractivity contribution is 0.0635. The van der Waals surface area contributed by atoms with E-state index in [0.29, 0.717) is 45.5 Å². The first-order valence-corrected chi connectivity index (χ1v) is 18.0. The monoisotopic (exact) mass is 808 g/mol. The summed E-state index contributed by atoms with van der Waals surface area (Å²) in [6.45, 7) is 8.43. The molecule has 0 bridgehead atoms. The molecule has 0 radical (unpaired) electrons. The molecular weight excluding hydrogens is 760 g/mol. The van der Waals surface area contributed by atoms with Crippen molar-refractivity contribution in [2.45, 2.75) is 40.2 Å². The number of benzene rings is 2. The maximum atomic E-state index is 12.7. The number of carbonyl (C=O) groups excluding carboxylic acids is 5. The number of aryl methyl sites for hydroxylation is 4. The number of carbonyl (C=O) groups is 5. The Morgan fingerprint density at radius 3 is 1.28 bits per heavy atom. The van der Waals surface area contributed by atoms with E-state index in [4.69, 9.17) is 10.5 Å². The van der Waals surface area contributed by atoms with E-state index in [1.807, 2.05) is 79.6 Å². The topological polar surface area (TPSA) is 176 Å². The van der Waals surface area contributed by atoms with Crippen molar-refractivity contribution in [1.29, 1.82) is 0 Å². The van der Waals surface area contributed by atoms with Crippen LogP contribution in [0, 0.1) is 0 Å². The first kappa shape index (κ1) is 43.9. The van der Waals surface area contributed by atoms with E-state index < -0.39 is 11.7 Å². The van der Waals surface area contributed by atoms with Crippen LogP contribution in [0.2, 0.25) is 0 Å². The molecule has 0 spiro atoms. The molecular formula is C43H49ClN8O6. The lowest BCUT2D eigenvalue weighted by atomic mass is 10.1. The van der Waals surface area contributed by atoms with Crippen molar-refractivity contribution in [2.24, 2.45) is 28.2 Å². The van der Waals surface area contributed by atoms with Gasteiger partial charge in [-0.15, -0.1) is 12.4 Å². The summed E-state index contributed by atoms with van der Waals surface area (Å²) in [5, 5.41) is 8.34. The van der Waals surface area contributed by atoms with E-state index in [1.54, 1.807) is 92.2 Å². The SMILES string of the molecule is CC(=O)c1cc(-c2ccc(NC(=O)c3cc(N)cn3C)cc2)cn1C.CC(=O)c1cc(-c2ccc(NC(=O)c3cc(NC(=O)OC(C)(C)C)cn3C)cc2)cn1C.Cl. The first-order chi connectivity index (χ1) is 26.8. The number of halogens is 1. The average Bonchev–Trinajstić information content (AvgIpc) is 3.89. The molecule has 304 valence electrons. The summed E-state index contributed by atoms with van der Waals surface area (Å²) < 4.78 is 12.2. The number of nitrogen functional groups attached to an aromatic ring is 1. The molecule has 0 fully saturated rings. The number of anilines is 4. The number of rotatable bonds is 9. The molecule has 4 heterocycles. The van der Waals surface area contributed by atoms with Crippen LogP contribution in [0.15, 0.2) is 97.6 Å². The quantitative estimate of drug-likeness (QED) is 0.106. The standard InChI is InChI=1S/C24H28N4O4.C19H20N4O2.ClH/c1-15(29)20-11-17(13-27(20)5)16-7-9-18(10-8-16)25-22(30)21-12-19(14-28(21)6)26-23(31)32-24(2,3)4;1-12(24)17-8-14(10-22(17)2)13-4-6-16(7-5-13)21-19(25)18-9-15(20)11-23(18)3;/h7-14H,1-6H3,(H,25,30)(H,26,31);4-11H,20H2,1-3H3,(H,21,25);1H. The van der Waals surface area contributed by atoms with E-state index in [2.05, 4.69) is 16.0 Å². The zero-order chi connectivity index (χ0) is 41.8. The third kappa shape index (κ3) is 10.9. The number of ketones is 2. The van der Waals surface area contributed by atoms with Gasteiger partial charge in [0.1, 0.15) is 17.0 Å². The van der Waals surface area contributed by atoms with Crippen LogP contribution in [0.5, 0.6) is 0 Å². The highest BCUT2D eigenvalue weighted by molar-refractivity contribution is 6.05. The van der Waals surface area contributed by atoms with E-state index >= 15 is 0 Å². The van der Waals surface area contributed by atoms with Crippen LogP contribution in [0.4, 0.5) is 27.5 Å². The van der Waals surface area contributed by atoms with Crippen molar-refractivity contribution in [3.8, 4) is 22.3 Å². The molecule has 0 aliphatic heterocycles. The summed E-state index contributed by atoms with van der Waals surface area (Å²) in [5.41, 5.74) is 13.4. The van der Waals surface area contributed by atoms with Gasteiger partial charge in [0.05, 0.1) is 22.8 Å². The number of amides is 3. The summed E-state index contributed by atoms with van der Waals surface area (Å²) in [7, 11) is 7.18. The second kappa shape index (κ2) is 18.0. The van der Waals surface area contributed by atoms with Crippen LogP contribution < -0.4 is 21.7 Å². The highest BCUT2D eigenvalue weighted by Gasteiger charge is 2.19. The van der Waals surface area contributed by atoms with Crippen molar-refractivity contribution in [3.63, 3.8) is 0 Å². The summed E-state index contributed by atoms with van der Waals surface area (Å²) >= 11 is 0. The number of hydrogen-bond donors (Lipinski definition) is 4. The lowest BCUT2D eigenvalue weighted by Gasteiger charge is -2.19. The number of nitrogens with zero attached hydrogens (tertiary/aromatic N) is 4.